The van der Waals surface area contributed by atoms with E-state index in [4.69, 9.17) is 20.9 Å². The Balaban J connectivity index is 1.37. The first kappa shape index (κ1) is 20.4. The summed E-state index contributed by atoms with van der Waals surface area (Å²) in [7, 11) is 0. The summed E-state index contributed by atoms with van der Waals surface area (Å²) in [6.07, 6.45) is 0.930. The van der Waals surface area contributed by atoms with E-state index in [9.17, 15) is 0 Å². The Labute approximate surface area is 183 Å². The molecule has 0 saturated carbocycles. The van der Waals surface area contributed by atoms with Crippen LogP contribution in [0.2, 0.25) is 0 Å². The minimum Gasteiger partial charge on any atom is -0.455 e. The van der Waals surface area contributed by atoms with Crippen molar-refractivity contribution in [2.24, 2.45) is 0 Å². The molecule has 1 atom stereocenters. The predicted molar refractivity (Wildman–Crippen MR) is 127 cm³/mol. The molecule has 0 saturated heterocycles. The van der Waals surface area contributed by atoms with Gasteiger partial charge < -0.3 is 20.9 Å². The summed E-state index contributed by atoms with van der Waals surface area (Å²) in [4.78, 5) is 0. The van der Waals surface area contributed by atoms with Crippen molar-refractivity contribution in [2.45, 2.75) is 19.3 Å². The molecule has 4 N–H and O–H groups in total. The highest BCUT2D eigenvalue weighted by Gasteiger charge is 2.09. The Bertz CT molecular complexity index is 1140. The van der Waals surface area contributed by atoms with Crippen molar-refractivity contribution < 1.29 is 9.47 Å². The lowest BCUT2D eigenvalue weighted by Gasteiger charge is -2.14. The summed E-state index contributed by atoms with van der Waals surface area (Å²) in [5.41, 5.74) is 15.7. The molecule has 0 aliphatic carbocycles. The molecule has 156 valence electrons. The molecule has 4 heteroatoms. The maximum atomic E-state index is 5.95. The molecule has 4 rings (SSSR count). The Morgan fingerprint density at radius 3 is 1.55 bits per heavy atom. The molecule has 31 heavy (non-hydrogen) atoms. The largest absolute Gasteiger partial charge is 0.455 e. The molecule has 0 aliphatic heterocycles. The van der Waals surface area contributed by atoms with Gasteiger partial charge >= 0.3 is 0 Å². The lowest BCUT2D eigenvalue weighted by molar-refractivity contribution is 0.484. The van der Waals surface area contributed by atoms with Gasteiger partial charge in [-0.15, -0.1) is 0 Å². The molecule has 4 nitrogen and oxygen atoms in total. The summed E-state index contributed by atoms with van der Waals surface area (Å²) < 4.78 is 11.8. The van der Waals surface area contributed by atoms with E-state index in [1.165, 1.54) is 11.1 Å². The van der Waals surface area contributed by atoms with Crippen molar-refractivity contribution in [3.63, 3.8) is 0 Å². The van der Waals surface area contributed by atoms with Gasteiger partial charge in [-0.1, -0.05) is 55.5 Å². The Kier molecular flexibility index (Phi) is 6.08. The van der Waals surface area contributed by atoms with Crippen LogP contribution >= 0.6 is 0 Å². The maximum Gasteiger partial charge on any atom is 0.150 e. The fourth-order valence-corrected chi connectivity index (χ4v) is 3.43. The fourth-order valence-electron chi connectivity index (χ4n) is 3.43. The molecule has 0 aliphatic rings. The third-order valence-electron chi connectivity index (χ3n) is 5.21. The van der Waals surface area contributed by atoms with Gasteiger partial charge in [0, 0.05) is 0 Å². The number of hydrogen-bond donors (Lipinski definition) is 2. The van der Waals surface area contributed by atoms with Gasteiger partial charge in [0.05, 0.1) is 11.4 Å². The number of nitrogens with two attached hydrogens (primary N) is 2. The third-order valence-corrected chi connectivity index (χ3v) is 5.21. The molecule has 4 aromatic carbocycles. The van der Waals surface area contributed by atoms with E-state index in [0.29, 0.717) is 28.8 Å². The molecular weight excluding hydrogens is 384 g/mol. The second kappa shape index (κ2) is 9.26. The van der Waals surface area contributed by atoms with Crippen molar-refractivity contribution in [2.75, 3.05) is 11.5 Å². The van der Waals surface area contributed by atoms with Crippen molar-refractivity contribution in [1.29, 1.82) is 0 Å². The monoisotopic (exact) mass is 410 g/mol. The van der Waals surface area contributed by atoms with Gasteiger partial charge in [-0.25, -0.2) is 0 Å². The quantitative estimate of drug-likeness (QED) is 0.329. The molecule has 0 heterocycles. The SMILES string of the molecule is CC(Cc1ccc(Oc2ccccc2N)cc1)c1ccc(Oc2ccccc2N)cc1. The zero-order chi connectivity index (χ0) is 21.6. The summed E-state index contributed by atoms with van der Waals surface area (Å²) in [6, 6.07) is 31.3. The highest BCUT2D eigenvalue weighted by molar-refractivity contribution is 5.54. The summed E-state index contributed by atoms with van der Waals surface area (Å²) >= 11 is 0. The van der Waals surface area contributed by atoms with Crippen LogP contribution in [0, 0.1) is 0 Å². The van der Waals surface area contributed by atoms with Crippen LogP contribution in [0.4, 0.5) is 11.4 Å². The molecule has 0 amide bonds. The Hall–Kier alpha value is -3.92. The van der Waals surface area contributed by atoms with Crippen LogP contribution in [0.15, 0.2) is 97.1 Å². The minimum absolute atomic E-state index is 0.368. The lowest BCUT2D eigenvalue weighted by Crippen LogP contribution is -1.99. The first-order valence-corrected chi connectivity index (χ1v) is 10.3. The van der Waals surface area contributed by atoms with Crippen LogP contribution in [0.1, 0.15) is 24.0 Å². The smallest absolute Gasteiger partial charge is 0.150 e. The van der Waals surface area contributed by atoms with E-state index < -0.39 is 0 Å². The number of anilines is 2. The van der Waals surface area contributed by atoms with Gasteiger partial charge in [0.2, 0.25) is 0 Å². The number of benzene rings is 4. The van der Waals surface area contributed by atoms with Gasteiger partial charge in [0.15, 0.2) is 0 Å². The van der Waals surface area contributed by atoms with Crippen LogP contribution in [-0.2, 0) is 6.42 Å². The third kappa shape index (κ3) is 5.17. The van der Waals surface area contributed by atoms with Crippen LogP contribution in [-0.4, -0.2) is 0 Å². The van der Waals surface area contributed by atoms with Gasteiger partial charge in [-0.3, -0.25) is 0 Å². The topological polar surface area (TPSA) is 70.5 Å². The highest BCUT2D eigenvalue weighted by atomic mass is 16.5. The molecule has 4 aromatic rings. The lowest BCUT2D eigenvalue weighted by atomic mass is 9.94. The average molecular weight is 411 g/mol. The summed E-state index contributed by atoms with van der Waals surface area (Å²) in [5, 5.41) is 0. The highest BCUT2D eigenvalue weighted by Crippen LogP contribution is 2.30. The van der Waals surface area contributed by atoms with Crippen molar-refractivity contribution in [3.05, 3.63) is 108 Å². The number of rotatable bonds is 7. The molecule has 0 fully saturated rings. The summed E-state index contributed by atoms with van der Waals surface area (Å²) in [5.74, 6) is 3.25. The number of nitrogen functional groups attached to an aromatic ring is 2. The zero-order valence-electron chi connectivity index (χ0n) is 17.5. The molecule has 0 spiro atoms. The van der Waals surface area contributed by atoms with Crippen molar-refractivity contribution in [1.82, 2.24) is 0 Å². The van der Waals surface area contributed by atoms with Crippen LogP contribution in [0.25, 0.3) is 0 Å². The van der Waals surface area contributed by atoms with E-state index in [1.54, 1.807) is 0 Å². The van der Waals surface area contributed by atoms with Crippen LogP contribution in [0.3, 0.4) is 0 Å². The molecule has 0 bridgehead atoms. The molecule has 0 aromatic heterocycles. The van der Waals surface area contributed by atoms with E-state index in [0.717, 1.165) is 17.9 Å². The van der Waals surface area contributed by atoms with Crippen molar-refractivity contribution in [3.8, 4) is 23.0 Å². The van der Waals surface area contributed by atoms with Gasteiger partial charge in [-0.05, 0) is 72.0 Å². The zero-order valence-corrected chi connectivity index (χ0v) is 17.5. The fraction of sp³-hybridized carbons (Fsp3) is 0.111. The molecule has 1 unspecified atom stereocenters. The van der Waals surface area contributed by atoms with Gasteiger partial charge in [0.25, 0.3) is 0 Å². The molecular formula is C27H26N2O2. The molecule has 0 radical (unpaired) electrons. The Morgan fingerprint density at radius 1 is 0.613 bits per heavy atom. The number of hydrogen-bond acceptors (Lipinski definition) is 4. The van der Waals surface area contributed by atoms with E-state index in [2.05, 4.69) is 31.2 Å². The summed E-state index contributed by atoms with van der Waals surface area (Å²) in [6.45, 7) is 2.22. The maximum absolute atomic E-state index is 5.95. The predicted octanol–water partition coefficient (Wildman–Crippen LogP) is 6.78. The first-order valence-electron chi connectivity index (χ1n) is 10.3. The normalized spacial score (nSPS) is 11.6. The van der Waals surface area contributed by atoms with Gasteiger partial charge in [-0.2, -0.15) is 0 Å². The average Bonchev–Trinajstić information content (AvgIpc) is 2.79. The second-order valence-corrected chi connectivity index (χ2v) is 7.60. The first-order chi connectivity index (χ1) is 15.1. The van der Waals surface area contributed by atoms with E-state index in [1.807, 2.05) is 72.8 Å². The van der Waals surface area contributed by atoms with E-state index in [-0.39, 0.29) is 0 Å². The Morgan fingerprint density at radius 2 is 1.06 bits per heavy atom. The minimum atomic E-state index is 0.368. The van der Waals surface area contributed by atoms with Crippen molar-refractivity contribution >= 4 is 11.4 Å². The standard InChI is InChI=1S/C27H26N2O2/c1-19(21-12-16-23(17-13-21)31-27-9-5-3-7-25(27)29)18-20-10-14-22(15-11-20)30-26-8-4-2-6-24(26)28/h2-17,19H,18,28-29H2,1H3. The second-order valence-electron chi connectivity index (χ2n) is 7.60. The van der Waals surface area contributed by atoms with Crippen LogP contribution < -0.4 is 20.9 Å². The number of ether oxygens (including phenoxy) is 2. The van der Waals surface area contributed by atoms with Crippen LogP contribution in [0.5, 0.6) is 23.0 Å². The number of para-hydroxylation sites is 4. The van der Waals surface area contributed by atoms with E-state index >= 15 is 0 Å². The van der Waals surface area contributed by atoms with Gasteiger partial charge in [0.1, 0.15) is 23.0 Å².